The SMILES string of the molecule is CCOc1cnc2c(c1)OC[C@H]1CN(c3nc4c(c(NC(C)(C)COC(N)=O)n3)[S@](=O)CC4)CCN21. The van der Waals surface area contributed by atoms with Crippen molar-refractivity contribution in [1.29, 1.82) is 0 Å². The maximum absolute atomic E-state index is 12.7. The number of anilines is 3. The van der Waals surface area contributed by atoms with Gasteiger partial charge in [0.05, 0.1) is 40.9 Å². The van der Waals surface area contributed by atoms with Gasteiger partial charge in [0, 0.05) is 37.9 Å². The Morgan fingerprint density at radius 3 is 2.97 bits per heavy atom. The highest BCUT2D eigenvalue weighted by atomic mass is 32.2. The Morgan fingerprint density at radius 1 is 1.36 bits per heavy atom. The van der Waals surface area contributed by atoms with E-state index in [1.165, 1.54) is 0 Å². The summed E-state index contributed by atoms with van der Waals surface area (Å²) in [6.45, 7) is 8.87. The second-order valence-electron chi connectivity index (χ2n) is 9.59. The van der Waals surface area contributed by atoms with Crippen LogP contribution in [-0.2, 0) is 22.0 Å². The lowest BCUT2D eigenvalue weighted by Gasteiger charge is -2.44. The zero-order valence-corrected chi connectivity index (χ0v) is 21.5. The highest BCUT2D eigenvalue weighted by molar-refractivity contribution is 7.85. The Kier molecular flexibility index (Phi) is 6.49. The number of nitrogens with two attached hydrogens (primary N) is 1. The van der Waals surface area contributed by atoms with Crippen molar-refractivity contribution in [3.8, 4) is 11.5 Å². The Morgan fingerprint density at radius 2 is 2.19 bits per heavy atom. The fourth-order valence-electron chi connectivity index (χ4n) is 4.65. The summed E-state index contributed by atoms with van der Waals surface area (Å²) in [6.07, 6.45) is 1.50. The van der Waals surface area contributed by atoms with E-state index in [1.807, 2.05) is 26.8 Å². The van der Waals surface area contributed by atoms with Crippen LogP contribution in [-0.4, -0.2) is 82.0 Å². The Hall–Kier alpha value is -3.35. The summed E-state index contributed by atoms with van der Waals surface area (Å²) < 4.78 is 29.3. The number of hydrogen-bond donors (Lipinski definition) is 2. The van der Waals surface area contributed by atoms with Gasteiger partial charge in [0.1, 0.15) is 29.7 Å². The highest BCUT2D eigenvalue weighted by Crippen LogP contribution is 2.37. The van der Waals surface area contributed by atoms with Gasteiger partial charge in [-0.3, -0.25) is 4.21 Å². The number of nitrogens with one attached hydrogen (secondary N) is 1. The smallest absolute Gasteiger partial charge is 0.404 e. The number of pyridine rings is 1. The van der Waals surface area contributed by atoms with Crippen LogP contribution in [0.15, 0.2) is 17.2 Å². The fourth-order valence-corrected chi connectivity index (χ4v) is 5.96. The van der Waals surface area contributed by atoms with E-state index in [-0.39, 0.29) is 12.6 Å². The van der Waals surface area contributed by atoms with Crippen LogP contribution in [0.1, 0.15) is 26.5 Å². The molecule has 0 bridgehead atoms. The molecule has 5 rings (SSSR count). The molecule has 36 heavy (non-hydrogen) atoms. The normalized spacial score (nSPS) is 20.6. The lowest BCUT2D eigenvalue weighted by Crippen LogP contribution is -2.58. The lowest BCUT2D eigenvalue weighted by molar-refractivity contribution is 0.138. The van der Waals surface area contributed by atoms with Crippen LogP contribution in [0.4, 0.5) is 22.4 Å². The van der Waals surface area contributed by atoms with E-state index in [9.17, 15) is 9.00 Å². The third kappa shape index (κ3) is 4.84. The number of rotatable bonds is 7. The van der Waals surface area contributed by atoms with E-state index in [0.29, 0.717) is 60.9 Å². The van der Waals surface area contributed by atoms with Crippen LogP contribution in [0.3, 0.4) is 0 Å². The fraction of sp³-hybridized carbons (Fsp3) is 0.565. The summed E-state index contributed by atoms with van der Waals surface area (Å²) in [5, 5.41) is 3.31. The van der Waals surface area contributed by atoms with E-state index in [2.05, 4.69) is 20.1 Å². The Labute approximate surface area is 212 Å². The van der Waals surface area contributed by atoms with Crippen molar-refractivity contribution in [2.45, 2.75) is 43.7 Å². The van der Waals surface area contributed by atoms with Gasteiger partial charge in [0.15, 0.2) is 11.6 Å². The number of amides is 1. The first-order valence-electron chi connectivity index (χ1n) is 12.0. The summed E-state index contributed by atoms with van der Waals surface area (Å²) in [5.74, 6) is 3.83. The molecule has 3 N–H and O–H groups in total. The van der Waals surface area contributed by atoms with Crippen molar-refractivity contribution in [2.75, 3.05) is 60.3 Å². The molecule has 5 heterocycles. The molecule has 0 unspecified atom stereocenters. The monoisotopic (exact) mass is 517 g/mol. The topological polar surface area (TPSA) is 145 Å². The molecule has 1 amide bonds. The standard InChI is InChI=1S/C23H31N7O5S/c1-4-33-15-9-17-20(25-10-15)30-7-6-29(11-14(30)12-34-17)22-26-16-5-8-36(32)18(16)19(27-22)28-23(2,3)13-35-21(24)31/h9-10,14H,4-8,11-13H2,1-3H3,(H2,24,31)(H,26,27,28)/t14-,36-/m1/s1. The molecule has 0 aliphatic carbocycles. The largest absolute Gasteiger partial charge is 0.492 e. The second kappa shape index (κ2) is 9.60. The van der Waals surface area contributed by atoms with Crippen molar-refractivity contribution in [2.24, 2.45) is 5.73 Å². The number of nitrogens with zero attached hydrogens (tertiary/aromatic N) is 5. The average molecular weight is 518 g/mol. The third-order valence-corrected chi connectivity index (χ3v) is 7.75. The van der Waals surface area contributed by atoms with Crippen LogP contribution >= 0.6 is 0 Å². The number of fused-ring (bicyclic) bond motifs is 4. The number of carbonyl (C=O) groups is 1. The van der Waals surface area contributed by atoms with Crippen molar-refractivity contribution >= 4 is 34.5 Å². The predicted octanol–water partition coefficient (Wildman–Crippen LogP) is 1.31. The van der Waals surface area contributed by atoms with E-state index in [1.54, 1.807) is 6.20 Å². The Bertz CT molecular complexity index is 1190. The van der Waals surface area contributed by atoms with Crippen molar-refractivity contribution < 1.29 is 23.2 Å². The van der Waals surface area contributed by atoms with Gasteiger partial charge in [-0.1, -0.05) is 0 Å². The number of aryl methyl sites for hydroxylation is 1. The summed E-state index contributed by atoms with van der Waals surface area (Å²) in [6, 6.07) is 1.97. The van der Waals surface area contributed by atoms with Gasteiger partial charge >= 0.3 is 6.09 Å². The van der Waals surface area contributed by atoms with Gasteiger partial charge in [-0.15, -0.1) is 0 Å². The minimum Gasteiger partial charge on any atom is -0.492 e. The number of aromatic nitrogens is 3. The number of hydrogen-bond acceptors (Lipinski definition) is 11. The molecular weight excluding hydrogens is 486 g/mol. The number of piperazine rings is 1. The van der Waals surface area contributed by atoms with E-state index < -0.39 is 22.4 Å². The highest BCUT2D eigenvalue weighted by Gasteiger charge is 2.36. The van der Waals surface area contributed by atoms with Crippen molar-refractivity contribution in [3.63, 3.8) is 0 Å². The van der Waals surface area contributed by atoms with Crippen molar-refractivity contribution in [1.82, 2.24) is 15.0 Å². The van der Waals surface area contributed by atoms with E-state index >= 15 is 0 Å². The number of ether oxygens (including phenoxy) is 3. The van der Waals surface area contributed by atoms with E-state index in [0.717, 1.165) is 23.8 Å². The molecule has 3 aliphatic rings. The van der Waals surface area contributed by atoms with Crippen LogP contribution in [0.5, 0.6) is 11.5 Å². The first-order valence-corrected chi connectivity index (χ1v) is 13.3. The quantitative estimate of drug-likeness (QED) is 0.548. The second-order valence-corrected chi connectivity index (χ2v) is 11.1. The molecule has 1 saturated heterocycles. The van der Waals surface area contributed by atoms with Crippen LogP contribution in [0.2, 0.25) is 0 Å². The average Bonchev–Trinajstić information content (AvgIpc) is 3.23. The summed E-state index contributed by atoms with van der Waals surface area (Å²) in [7, 11) is -1.19. The molecule has 2 aromatic heterocycles. The number of primary amides is 1. The summed E-state index contributed by atoms with van der Waals surface area (Å²) in [5.41, 5.74) is 5.25. The molecule has 2 aromatic rings. The summed E-state index contributed by atoms with van der Waals surface area (Å²) in [4.78, 5) is 30.3. The third-order valence-electron chi connectivity index (χ3n) is 6.30. The van der Waals surface area contributed by atoms with Gasteiger partial charge in [0.2, 0.25) is 5.95 Å². The van der Waals surface area contributed by atoms with Crippen LogP contribution < -0.4 is 30.3 Å². The molecule has 194 valence electrons. The van der Waals surface area contributed by atoms with Gasteiger partial charge < -0.3 is 35.1 Å². The maximum Gasteiger partial charge on any atom is 0.404 e. The first-order chi connectivity index (χ1) is 17.2. The van der Waals surface area contributed by atoms with Crippen molar-refractivity contribution in [3.05, 3.63) is 18.0 Å². The minimum absolute atomic E-state index is 0.0403. The van der Waals surface area contributed by atoms with Gasteiger partial charge in [-0.2, -0.15) is 4.98 Å². The van der Waals surface area contributed by atoms with E-state index in [4.69, 9.17) is 29.9 Å². The van der Waals surface area contributed by atoms with Crippen LogP contribution in [0, 0.1) is 0 Å². The molecule has 1 fully saturated rings. The molecule has 12 nitrogen and oxygen atoms in total. The molecule has 3 aliphatic heterocycles. The molecule has 0 radical (unpaired) electrons. The molecule has 0 saturated carbocycles. The minimum atomic E-state index is -1.19. The lowest BCUT2D eigenvalue weighted by atomic mass is 10.1. The molecule has 0 aromatic carbocycles. The zero-order valence-electron chi connectivity index (χ0n) is 20.7. The molecular formula is C23H31N7O5S. The molecule has 0 spiro atoms. The Balaban J connectivity index is 1.37. The van der Waals surface area contributed by atoms with Gasteiger partial charge in [-0.05, 0) is 20.8 Å². The zero-order chi connectivity index (χ0) is 25.4. The van der Waals surface area contributed by atoms with Gasteiger partial charge in [-0.25, -0.2) is 14.8 Å². The predicted molar refractivity (Wildman–Crippen MR) is 134 cm³/mol. The molecule has 13 heteroatoms. The van der Waals surface area contributed by atoms with Crippen LogP contribution in [0.25, 0.3) is 0 Å². The molecule has 2 atom stereocenters. The summed E-state index contributed by atoms with van der Waals surface area (Å²) >= 11 is 0. The number of carbonyl (C=O) groups excluding carboxylic acids is 1. The van der Waals surface area contributed by atoms with Gasteiger partial charge in [0.25, 0.3) is 0 Å². The maximum atomic E-state index is 12.7. The first kappa shape index (κ1) is 24.3.